The first-order valence-electron chi connectivity index (χ1n) is 7.29. The van der Waals surface area contributed by atoms with Crippen molar-refractivity contribution in [1.82, 2.24) is 0 Å². The summed E-state index contributed by atoms with van der Waals surface area (Å²) in [5.74, 6) is 0. The fourth-order valence-electron chi connectivity index (χ4n) is 1.85. The van der Waals surface area contributed by atoms with Crippen LogP contribution in [0.4, 0.5) is 0 Å². The monoisotopic (exact) mass is 279 g/mol. The Hall–Kier alpha value is 0.110. The van der Waals surface area contributed by atoms with Gasteiger partial charge in [-0.15, -0.1) is 0 Å². The lowest BCUT2D eigenvalue weighted by Crippen LogP contribution is -2.04. The normalized spacial score (nSPS) is 14.6. The Morgan fingerprint density at radius 2 is 1.39 bits per heavy atom. The standard InChI is InChI=1S/C13H30NO3P/c1-2-3-4-5-6-7-8-9-10-11-12-17-18(15,16)13-14/h2-14H2,1H3,(H,15,16). The second-order valence-corrected chi connectivity index (χ2v) is 6.73. The van der Waals surface area contributed by atoms with Crippen LogP contribution >= 0.6 is 7.60 Å². The maximum atomic E-state index is 11.1. The average molecular weight is 279 g/mol. The van der Waals surface area contributed by atoms with Gasteiger partial charge in [0.2, 0.25) is 0 Å². The number of hydrogen-bond donors (Lipinski definition) is 2. The van der Waals surface area contributed by atoms with Crippen molar-refractivity contribution < 1.29 is 14.0 Å². The van der Waals surface area contributed by atoms with Crippen LogP contribution in [-0.2, 0) is 9.09 Å². The van der Waals surface area contributed by atoms with Crippen molar-refractivity contribution in [2.75, 3.05) is 12.9 Å². The fourth-order valence-corrected chi connectivity index (χ4v) is 2.37. The van der Waals surface area contributed by atoms with Gasteiger partial charge in [-0.2, -0.15) is 0 Å². The summed E-state index contributed by atoms with van der Waals surface area (Å²) in [5, 5.41) is 0. The van der Waals surface area contributed by atoms with E-state index in [-0.39, 0.29) is 6.29 Å². The molecule has 0 saturated heterocycles. The molecule has 0 aromatic carbocycles. The molecule has 1 atom stereocenters. The summed E-state index contributed by atoms with van der Waals surface area (Å²) in [4.78, 5) is 9.08. The van der Waals surface area contributed by atoms with Crippen LogP contribution in [0.5, 0.6) is 0 Å². The maximum absolute atomic E-state index is 11.1. The van der Waals surface area contributed by atoms with Crippen molar-refractivity contribution in [3.8, 4) is 0 Å². The molecule has 5 heteroatoms. The number of unbranched alkanes of at least 4 members (excludes halogenated alkanes) is 9. The summed E-state index contributed by atoms with van der Waals surface area (Å²) in [6.45, 7) is 2.58. The smallest absolute Gasteiger partial charge is 0.323 e. The van der Waals surface area contributed by atoms with Gasteiger partial charge < -0.3 is 15.2 Å². The van der Waals surface area contributed by atoms with Crippen LogP contribution in [-0.4, -0.2) is 17.8 Å². The van der Waals surface area contributed by atoms with Crippen LogP contribution < -0.4 is 5.73 Å². The van der Waals surface area contributed by atoms with Crippen molar-refractivity contribution in [1.29, 1.82) is 0 Å². The first kappa shape index (κ1) is 18.1. The molecule has 0 spiro atoms. The molecular formula is C13H30NO3P. The molecule has 3 N–H and O–H groups in total. The highest BCUT2D eigenvalue weighted by atomic mass is 31.2. The molecule has 0 rings (SSSR count). The number of rotatable bonds is 13. The van der Waals surface area contributed by atoms with Gasteiger partial charge in [0.1, 0.15) is 0 Å². The van der Waals surface area contributed by atoms with E-state index in [1.54, 1.807) is 0 Å². The SMILES string of the molecule is CCCCCCCCCCCCOP(=O)(O)CN. The van der Waals surface area contributed by atoms with E-state index in [0.717, 1.165) is 12.8 Å². The zero-order valence-corrected chi connectivity index (χ0v) is 12.7. The molecule has 1 unspecified atom stereocenters. The predicted octanol–water partition coefficient (Wildman–Crippen LogP) is 4.03. The van der Waals surface area contributed by atoms with Crippen molar-refractivity contribution in [3.63, 3.8) is 0 Å². The highest BCUT2D eigenvalue weighted by molar-refractivity contribution is 7.52. The molecule has 0 aliphatic rings. The molecule has 0 aliphatic carbocycles. The largest absolute Gasteiger partial charge is 0.341 e. The van der Waals surface area contributed by atoms with Crippen molar-refractivity contribution in [3.05, 3.63) is 0 Å². The molecule has 0 radical (unpaired) electrons. The van der Waals surface area contributed by atoms with Crippen LogP contribution in [0.1, 0.15) is 71.1 Å². The quantitative estimate of drug-likeness (QED) is 0.394. The van der Waals surface area contributed by atoms with Gasteiger partial charge in [-0.25, -0.2) is 0 Å². The van der Waals surface area contributed by atoms with Gasteiger partial charge in [-0.3, -0.25) is 4.57 Å². The lowest BCUT2D eigenvalue weighted by atomic mass is 10.1. The number of hydrogen-bond acceptors (Lipinski definition) is 3. The molecule has 0 heterocycles. The molecule has 110 valence electrons. The van der Waals surface area contributed by atoms with Gasteiger partial charge in [0, 0.05) is 0 Å². The minimum absolute atomic E-state index is 0.287. The Kier molecular flexibility index (Phi) is 12.2. The van der Waals surface area contributed by atoms with Crippen LogP contribution in [0.25, 0.3) is 0 Å². The third kappa shape index (κ3) is 12.6. The summed E-state index contributed by atoms with van der Waals surface area (Å²) in [6, 6.07) is 0. The topological polar surface area (TPSA) is 72.5 Å². The molecular weight excluding hydrogens is 249 g/mol. The predicted molar refractivity (Wildman–Crippen MR) is 76.7 cm³/mol. The Morgan fingerprint density at radius 3 is 1.83 bits per heavy atom. The van der Waals surface area contributed by atoms with E-state index in [9.17, 15) is 4.57 Å². The maximum Gasteiger partial charge on any atom is 0.341 e. The fraction of sp³-hybridized carbons (Fsp3) is 1.00. The summed E-state index contributed by atoms with van der Waals surface area (Å²) in [6.07, 6.45) is 12.1. The lowest BCUT2D eigenvalue weighted by Gasteiger charge is -2.09. The van der Waals surface area contributed by atoms with E-state index in [1.165, 1.54) is 51.4 Å². The van der Waals surface area contributed by atoms with Gasteiger partial charge in [0.25, 0.3) is 0 Å². The minimum atomic E-state index is -3.47. The van der Waals surface area contributed by atoms with Crippen LogP contribution in [0.15, 0.2) is 0 Å². The molecule has 0 saturated carbocycles. The van der Waals surface area contributed by atoms with E-state index in [2.05, 4.69) is 6.92 Å². The molecule has 0 aromatic rings. The summed E-state index contributed by atoms with van der Waals surface area (Å²) in [5.41, 5.74) is 5.10. The van der Waals surface area contributed by atoms with E-state index < -0.39 is 7.60 Å². The van der Waals surface area contributed by atoms with E-state index >= 15 is 0 Å². The highest BCUT2D eigenvalue weighted by Crippen LogP contribution is 2.39. The average Bonchev–Trinajstić information content (AvgIpc) is 2.36. The first-order valence-corrected chi connectivity index (χ1v) is 9.05. The van der Waals surface area contributed by atoms with Crippen LogP contribution in [0, 0.1) is 0 Å². The minimum Gasteiger partial charge on any atom is -0.323 e. The summed E-state index contributed by atoms with van der Waals surface area (Å²) < 4.78 is 15.9. The van der Waals surface area contributed by atoms with Gasteiger partial charge in [0.05, 0.1) is 12.9 Å². The summed E-state index contributed by atoms with van der Waals surface area (Å²) >= 11 is 0. The van der Waals surface area contributed by atoms with E-state index in [0.29, 0.717) is 6.61 Å². The van der Waals surface area contributed by atoms with Gasteiger partial charge in [0.15, 0.2) is 0 Å². The van der Waals surface area contributed by atoms with Crippen LogP contribution in [0.2, 0.25) is 0 Å². The zero-order chi connectivity index (χ0) is 13.7. The lowest BCUT2D eigenvalue weighted by molar-refractivity contribution is 0.253. The third-order valence-electron chi connectivity index (χ3n) is 3.02. The van der Waals surface area contributed by atoms with Gasteiger partial charge in [-0.1, -0.05) is 64.7 Å². The molecule has 0 aromatic heterocycles. The number of nitrogens with two attached hydrogens (primary N) is 1. The van der Waals surface area contributed by atoms with Crippen molar-refractivity contribution in [2.24, 2.45) is 5.73 Å². The third-order valence-corrected chi connectivity index (χ3v) is 4.07. The molecule has 0 fully saturated rings. The summed E-state index contributed by atoms with van der Waals surface area (Å²) in [7, 11) is -3.47. The van der Waals surface area contributed by atoms with E-state index in [4.69, 9.17) is 15.2 Å². The van der Waals surface area contributed by atoms with Gasteiger partial charge in [-0.05, 0) is 6.42 Å². The second kappa shape index (κ2) is 12.2. The molecule has 0 aliphatic heterocycles. The van der Waals surface area contributed by atoms with Gasteiger partial charge >= 0.3 is 7.60 Å². The Labute approximate surface area is 112 Å². The molecule has 0 amide bonds. The van der Waals surface area contributed by atoms with Crippen molar-refractivity contribution in [2.45, 2.75) is 71.1 Å². The Bertz CT molecular complexity index is 224. The van der Waals surface area contributed by atoms with Crippen LogP contribution in [0.3, 0.4) is 0 Å². The Balaban J connectivity index is 3.10. The highest BCUT2D eigenvalue weighted by Gasteiger charge is 2.14. The zero-order valence-electron chi connectivity index (χ0n) is 11.8. The Morgan fingerprint density at radius 1 is 0.944 bits per heavy atom. The van der Waals surface area contributed by atoms with Crippen molar-refractivity contribution >= 4 is 7.60 Å². The first-order chi connectivity index (χ1) is 8.62. The molecule has 4 nitrogen and oxygen atoms in total. The molecule has 18 heavy (non-hydrogen) atoms. The second-order valence-electron chi connectivity index (χ2n) is 4.84. The molecule has 0 bridgehead atoms. The van der Waals surface area contributed by atoms with E-state index in [1.807, 2.05) is 0 Å².